The van der Waals surface area contributed by atoms with Gasteiger partial charge in [-0.25, -0.2) is 9.59 Å². The van der Waals surface area contributed by atoms with E-state index in [2.05, 4.69) is 5.32 Å². The first-order chi connectivity index (χ1) is 9.49. The monoisotopic (exact) mass is 303 g/mol. The molecule has 1 N–H and O–H groups in total. The van der Waals surface area contributed by atoms with Crippen LogP contribution in [0.2, 0.25) is 0 Å². The second-order valence-corrected chi connectivity index (χ2v) is 6.80. The molecule has 0 bridgehead atoms. The summed E-state index contributed by atoms with van der Waals surface area (Å²) in [6.07, 6.45) is 1.33. The number of amides is 1. The molecule has 0 atom stereocenters. The van der Waals surface area contributed by atoms with Crippen LogP contribution in [0, 0.1) is 0 Å². The summed E-state index contributed by atoms with van der Waals surface area (Å²) < 4.78 is 15.1. The van der Waals surface area contributed by atoms with Crippen LogP contribution in [-0.4, -0.2) is 36.6 Å². The van der Waals surface area contributed by atoms with Crippen LogP contribution in [0.4, 0.5) is 9.59 Å². The highest BCUT2D eigenvalue weighted by molar-refractivity contribution is 5.67. The molecule has 0 aliphatic carbocycles. The highest BCUT2D eigenvalue weighted by atomic mass is 16.7. The quantitative estimate of drug-likeness (QED) is 0.599. The van der Waals surface area contributed by atoms with Crippen LogP contribution >= 0.6 is 0 Å². The normalized spacial score (nSPS) is 11.7. The molecular formula is C15H29NO5. The van der Waals surface area contributed by atoms with Gasteiger partial charge in [0.05, 0.1) is 6.61 Å². The molecular weight excluding hydrogens is 274 g/mol. The van der Waals surface area contributed by atoms with Crippen molar-refractivity contribution in [3.8, 4) is 0 Å². The Hall–Kier alpha value is -1.46. The Morgan fingerprint density at radius 2 is 1.43 bits per heavy atom. The summed E-state index contributed by atoms with van der Waals surface area (Å²) >= 11 is 0. The molecule has 0 unspecified atom stereocenters. The minimum absolute atomic E-state index is 0.321. The summed E-state index contributed by atoms with van der Waals surface area (Å²) in [6.45, 7) is 11.7. The zero-order valence-electron chi connectivity index (χ0n) is 14.1. The molecule has 6 nitrogen and oxygen atoms in total. The largest absolute Gasteiger partial charge is 0.508 e. The number of hydrogen-bond donors (Lipinski definition) is 1. The van der Waals surface area contributed by atoms with Crippen molar-refractivity contribution in [1.29, 1.82) is 0 Å². The van der Waals surface area contributed by atoms with Crippen LogP contribution in [0.3, 0.4) is 0 Å². The van der Waals surface area contributed by atoms with Gasteiger partial charge in [0.1, 0.15) is 11.2 Å². The van der Waals surface area contributed by atoms with Crippen molar-refractivity contribution in [2.45, 2.75) is 72.0 Å². The molecule has 0 heterocycles. The Labute approximate surface area is 127 Å². The molecule has 0 saturated heterocycles. The Balaban J connectivity index is 3.49. The number of unbranched alkanes of at least 4 members (excludes halogenated alkanes) is 2. The number of ether oxygens (including phenoxy) is 3. The van der Waals surface area contributed by atoms with E-state index in [0.29, 0.717) is 13.2 Å². The highest BCUT2D eigenvalue weighted by Gasteiger charge is 2.17. The maximum Gasteiger partial charge on any atom is 0.508 e. The fourth-order valence-corrected chi connectivity index (χ4v) is 1.34. The lowest BCUT2D eigenvalue weighted by molar-refractivity contribution is -0.00767. The maximum atomic E-state index is 11.4. The first kappa shape index (κ1) is 19.5. The Morgan fingerprint density at radius 1 is 0.857 bits per heavy atom. The van der Waals surface area contributed by atoms with Crippen molar-refractivity contribution in [2.75, 3.05) is 13.2 Å². The summed E-state index contributed by atoms with van der Waals surface area (Å²) in [7, 11) is 0. The van der Waals surface area contributed by atoms with Crippen molar-refractivity contribution in [1.82, 2.24) is 5.32 Å². The smallest absolute Gasteiger partial charge is 0.444 e. The van der Waals surface area contributed by atoms with Gasteiger partial charge < -0.3 is 19.5 Å². The van der Waals surface area contributed by atoms with E-state index >= 15 is 0 Å². The van der Waals surface area contributed by atoms with E-state index < -0.39 is 23.5 Å². The minimum atomic E-state index is -0.644. The SMILES string of the molecule is CC(C)(C)OC(=O)NCCCCCOC(=O)OC(C)(C)C. The summed E-state index contributed by atoms with van der Waals surface area (Å²) in [5.41, 5.74) is -1.01. The van der Waals surface area contributed by atoms with Crippen molar-refractivity contribution < 1.29 is 23.8 Å². The van der Waals surface area contributed by atoms with Gasteiger partial charge in [-0.05, 0) is 60.8 Å². The molecule has 21 heavy (non-hydrogen) atoms. The molecule has 0 aromatic rings. The molecule has 0 fully saturated rings. The number of hydrogen-bond acceptors (Lipinski definition) is 5. The molecule has 0 aromatic carbocycles. The molecule has 0 spiro atoms. The predicted molar refractivity (Wildman–Crippen MR) is 80.3 cm³/mol. The molecule has 1 amide bonds. The molecule has 0 aliphatic rings. The van der Waals surface area contributed by atoms with E-state index in [4.69, 9.17) is 14.2 Å². The van der Waals surface area contributed by atoms with Crippen LogP contribution in [0.1, 0.15) is 60.8 Å². The van der Waals surface area contributed by atoms with Crippen LogP contribution in [0.25, 0.3) is 0 Å². The highest BCUT2D eigenvalue weighted by Crippen LogP contribution is 2.09. The van der Waals surface area contributed by atoms with Gasteiger partial charge in [0.25, 0.3) is 0 Å². The van der Waals surface area contributed by atoms with E-state index in [0.717, 1.165) is 19.3 Å². The first-order valence-corrected chi connectivity index (χ1v) is 7.32. The van der Waals surface area contributed by atoms with Crippen LogP contribution in [0.5, 0.6) is 0 Å². The molecule has 0 saturated carbocycles. The van der Waals surface area contributed by atoms with Crippen molar-refractivity contribution >= 4 is 12.2 Å². The van der Waals surface area contributed by atoms with Crippen molar-refractivity contribution in [3.05, 3.63) is 0 Å². The Kier molecular flexibility index (Phi) is 8.14. The third-order valence-corrected chi connectivity index (χ3v) is 2.10. The average molecular weight is 303 g/mol. The summed E-state index contributed by atoms with van der Waals surface area (Å²) in [5, 5.41) is 2.68. The van der Waals surface area contributed by atoms with Crippen LogP contribution < -0.4 is 5.32 Å². The zero-order valence-corrected chi connectivity index (χ0v) is 14.1. The summed E-state index contributed by atoms with van der Waals surface area (Å²) in [6, 6.07) is 0. The van der Waals surface area contributed by atoms with Gasteiger partial charge in [-0.2, -0.15) is 0 Å². The van der Waals surface area contributed by atoms with Crippen molar-refractivity contribution in [2.24, 2.45) is 0 Å². The number of alkyl carbamates (subject to hydrolysis) is 1. The van der Waals surface area contributed by atoms with E-state index in [9.17, 15) is 9.59 Å². The number of nitrogens with one attached hydrogen (secondary N) is 1. The molecule has 0 radical (unpaired) electrons. The first-order valence-electron chi connectivity index (χ1n) is 7.32. The van der Waals surface area contributed by atoms with Crippen LogP contribution in [-0.2, 0) is 14.2 Å². The lowest BCUT2D eigenvalue weighted by Gasteiger charge is -2.19. The lowest BCUT2D eigenvalue weighted by Crippen LogP contribution is -2.33. The molecule has 0 aromatic heterocycles. The summed E-state index contributed by atoms with van der Waals surface area (Å²) in [4.78, 5) is 22.6. The number of carbonyl (C=O) groups excluding carboxylic acids is 2. The lowest BCUT2D eigenvalue weighted by atomic mass is 10.2. The maximum absolute atomic E-state index is 11.4. The second kappa shape index (κ2) is 8.74. The van der Waals surface area contributed by atoms with E-state index in [1.54, 1.807) is 20.8 Å². The van der Waals surface area contributed by atoms with Gasteiger partial charge in [-0.1, -0.05) is 0 Å². The third-order valence-electron chi connectivity index (χ3n) is 2.10. The second-order valence-electron chi connectivity index (χ2n) is 6.80. The zero-order chi connectivity index (χ0) is 16.5. The minimum Gasteiger partial charge on any atom is -0.444 e. The Morgan fingerprint density at radius 3 is 1.95 bits per heavy atom. The van der Waals surface area contributed by atoms with Crippen LogP contribution in [0.15, 0.2) is 0 Å². The number of rotatable bonds is 6. The van der Waals surface area contributed by atoms with Gasteiger partial charge in [0.2, 0.25) is 0 Å². The van der Waals surface area contributed by atoms with Gasteiger partial charge >= 0.3 is 12.2 Å². The molecule has 124 valence electrons. The summed E-state index contributed by atoms with van der Waals surface area (Å²) in [5.74, 6) is 0. The number of carbonyl (C=O) groups is 2. The van der Waals surface area contributed by atoms with Gasteiger partial charge in [-0.3, -0.25) is 0 Å². The third kappa shape index (κ3) is 14.8. The molecule has 0 rings (SSSR count). The standard InChI is InChI=1S/C15H29NO5/c1-14(2,3)20-12(17)16-10-8-7-9-11-19-13(18)21-15(4,5)6/h7-11H2,1-6H3,(H,16,17). The van der Waals surface area contributed by atoms with E-state index in [1.807, 2.05) is 20.8 Å². The average Bonchev–Trinajstić information content (AvgIpc) is 2.22. The molecule has 0 aliphatic heterocycles. The molecule has 6 heteroatoms. The van der Waals surface area contributed by atoms with Gasteiger partial charge in [-0.15, -0.1) is 0 Å². The fraction of sp³-hybridized carbons (Fsp3) is 0.867. The topological polar surface area (TPSA) is 73.9 Å². The van der Waals surface area contributed by atoms with E-state index in [1.165, 1.54) is 0 Å². The van der Waals surface area contributed by atoms with Gasteiger partial charge in [0, 0.05) is 6.54 Å². The Bertz CT molecular complexity index is 296. The van der Waals surface area contributed by atoms with E-state index in [-0.39, 0.29) is 0 Å². The van der Waals surface area contributed by atoms with Crippen molar-refractivity contribution in [3.63, 3.8) is 0 Å². The fourth-order valence-electron chi connectivity index (χ4n) is 1.34. The van der Waals surface area contributed by atoms with Gasteiger partial charge in [0.15, 0.2) is 0 Å². The predicted octanol–water partition coefficient (Wildman–Crippen LogP) is 3.63.